The molecule has 8 heteroatoms. The van der Waals surface area contributed by atoms with E-state index in [4.69, 9.17) is 10.7 Å². The van der Waals surface area contributed by atoms with Crippen molar-refractivity contribution in [2.75, 3.05) is 29.5 Å². The fourth-order valence-electron chi connectivity index (χ4n) is 4.31. The average Bonchev–Trinajstić information content (AvgIpc) is 3.20. The van der Waals surface area contributed by atoms with Gasteiger partial charge in [0.2, 0.25) is 0 Å². The largest absolute Gasteiger partial charge is 0.384 e. The van der Waals surface area contributed by atoms with Gasteiger partial charge in [-0.3, -0.25) is 4.79 Å². The monoisotopic (exact) mass is 429 g/mol. The van der Waals surface area contributed by atoms with E-state index in [1.54, 1.807) is 12.1 Å². The van der Waals surface area contributed by atoms with Crippen LogP contribution in [0, 0.1) is 0 Å². The number of pyridine rings is 1. The van der Waals surface area contributed by atoms with Gasteiger partial charge in [0.1, 0.15) is 17.7 Å². The molecule has 1 aromatic carbocycles. The number of anilines is 3. The zero-order valence-corrected chi connectivity index (χ0v) is 18.1. The van der Waals surface area contributed by atoms with E-state index in [2.05, 4.69) is 44.4 Å². The van der Waals surface area contributed by atoms with E-state index >= 15 is 0 Å². The lowest BCUT2D eigenvalue weighted by atomic mass is 10.1. The number of benzene rings is 1. The van der Waals surface area contributed by atoms with Gasteiger partial charge in [0.05, 0.1) is 11.3 Å². The van der Waals surface area contributed by atoms with Crippen molar-refractivity contribution in [3.8, 4) is 0 Å². The highest BCUT2D eigenvalue weighted by Gasteiger charge is 2.28. The summed E-state index contributed by atoms with van der Waals surface area (Å²) in [5.41, 5.74) is 9.98. The number of rotatable bonds is 3. The number of nitrogens with one attached hydrogen (secondary N) is 2. The molecule has 3 aromatic rings. The number of aryl methyl sites for hydroxylation is 1. The summed E-state index contributed by atoms with van der Waals surface area (Å²) < 4.78 is 2.13. The number of aliphatic imine (C=N–C) groups is 1. The van der Waals surface area contributed by atoms with E-state index in [1.807, 2.05) is 24.3 Å². The van der Waals surface area contributed by atoms with Gasteiger partial charge in [-0.1, -0.05) is 12.1 Å². The lowest BCUT2D eigenvalue weighted by molar-refractivity contribution is 0.102. The number of fused-ring (bicyclic) bond motifs is 1. The minimum Gasteiger partial charge on any atom is -0.384 e. The minimum absolute atomic E-state index is 0.225. The molecule has 0 aliphatic carbocycles. The second-order valence-electron chi connectivity index (χ2n) is 8.29. The number of aromatic nitrogens is 2. The van der Waals surface area contributed by atoms with Gasteiger partial charge in [0.15, 0.2) is 5.84 Å². The quantitative estimate of drug-likeness (QED) is 0.591. The molecule has 5 rings (SSSR count). The Morgan fingerprint density at radius 2 is 2.00 bits per heavy atom. The highest BCUT2D eigenvalue weighted by Crippen LogP contribution is 2.33. The Kier molecular flexibility index (Phi) is 5.26. The number of amidine groups is 1. The normalized spacial score (nSPS) is 17.8. The van der Waals surface area contributed by atoms with Crippen LogP contribution >= 0.6 is 0 Å². The summed E-state index contributed by atoms with van der Waals surface area (Å²) in [6, 6.07) is 13.2. The molecule has 2 aliphatic heterocycles. The van der Waals surface area contributed by atoms with Gasteiger partial charge in [-0.2, -0.15) is 0 Å². The first-order chi connectivity index (χ1) is 15.6. The van der Waals surface area contributed by atoms with Gasteiger partial charge in [0, 0.05) is 38.2 Å². The molecule has 1 unspecified atom stereocenters. The molecule has 4 N–H and O–H groups in total. The molecule has 2 aromatic heterocycles. The lowest BCUT2D eigenvalue weighted by Crippen LogP contribution is -2.39. The minimum atomic E-state index is -0.228. The van der Waals surface area contributed by atoms with E-state index in [9.17, 15) is 4.79 Å². The van der Waals surface area contributed by atoms with Gasteiger partial charge < -0.3 is 25.8 Å². The van der Waals surface area contributed by atoms with Crippen LogP contribution in [0.1, 0.15) is 47.0 Å². The SMILES string of the molecule is Cn1ccc2c1C(N1CCCCC1)=NC(c1cccc(NC(=O)c3ccc(N)nc3)c1)N2. The van der Waals surface area contributed by atoms with Gasteiger partial charge >= 0.3 is 0 Å². The molecule has 0 saturated carbocycles. The summed E-state index contributed by atoms with van der Waals surface area (Å²) in [6.07, 6.45) is 6.98. The highest BCUT2D eigenvalue weighted by molar-refractivity contribution is 6.05. The number of carbonyl (C=O) groups excluding carboxylic acids is 1. The Morgan fingerprint density at radius 1 is 1.16 bits per heavy atom. The van der Waals surface area contributed by atoms with E-state index in [0.29, 0.717) is 17.1 Å². The number of amides is 1. The Morgan fingerprint density at radius 3 is 2.78 bits per heavy atom. The van der Waals surface area contributed by atoms with Crippen molar-refractivity contribution in [3.05, 3.63) is 71.7 Å². The zero-order valence-electron chi connectivity index (χ0n) is 18.1. The van der Waals surface area contributed by atoms with Gasteiger partial charge in [-0.15, -0.1) is 0 Å². The number of likely N-dealkylation sites (tertiary alicyclic amines) is 1. The van der Waals surface area contributed by atoms with Crippen molar-refractivity contribution in [2.24, 2.45) is 12.0 Å². The number of hydrogen-bond donors (Lipinski definition) is 3. The van der Waals surface area contributed by atoms with Crippen molar-refractivity contribution >= 4 is 28.9 Å². The van der Waals surface area contributed by atoms with Crippen LogP contribution in [0.4, 0.5) is 17.2 Å². The maximum absolute atomic E-state index is 12.6. The Bertz CT molecular complexity index is 1160. The van der Waals surface area contributed by atoms with E-state index in [0.717, 1.165) is 35.9 Å². The maximum Gasteiger partial charge on any atom is 0.257 e. The molecule has 1 fully saturated rings. The van der Waals surface area contributed by atoms with Crippen LogP contribution in [0.5, 0.6) is 0 Å². The molecule has 0 spiro atoms. The number of nitrogen functional groups attached to an aromatic ring is 1. The van der Waals surface area contributed by atoms with Crippen LogP contribution in [0.2, 0.25) is 0 Å². The average molecular weight is 430 g/mol. The van der Waals surface area contributed by atoms with Crippen LogP contribution in [0.3, 0.4) is 0 Å². The molecule has 1 saturated heterocycles. The summed E-state index contributed by atoms with van der Waals surface area (Å²) in [7, 11) is 2.06. The molecule has 2 aliphatic rings. The van der Waals surface area contributed by atoms with Crippen LogP contribution in [-0.2, 0) is 7.05 Å². The molecule has 8 nitrogen and oxygen atoms in total. The predicted molar refractivity (Wildman–Crippen MR) is 127 cm³/mol. The Hall–Kier alpha value is -3.81. The predicted octanol–water partition coefficient (Wildman–Crippen LogP) is 3.61. The highest BCUT2D eigenvalue weighted by atomic mass is 16.1. The van der Waals surface area contributed by atoms with Crippen molar-refractivity contribution < 1.29 is 4.79 Å². The second-order valence-corrected chi connectivity index (χ2v) is 8.29. The first kappa shape index (κ1) is 20.1. The summed E-state index contributed by atoms with van der Waals surface area (Å²) in [6.45, 7) is 2.06. The first-order valence-electron chi connectivity index (χ1n) is 11.0. The zero-order chi connectivity index (χ0) is 22.1. The molecule has 0 radical (unpaired) electrons. The van der Waals surface area contributed by atoms with Crippen molar-refractivity contribution in [1.82, 2.24) is 14.5 Å². The first-order valence-corrected chi connectivity index (χ1v) is 11.0. The van der Waals surface area contributed by atoms with E-state index < -0.39 is 0 Å². The van der Waals surface area contributed by atoms with Crippen LogP contribution in [-0.4, -0.2) is 39.3 Å². The lowest BCUT2D eigenvalue weighted by Gasteiger charge is -2.34. The number of hydrogen-bond acceptors (Lipinski definition) is 6. The smallest absolute Gasteiger partial charge is 0.257 e. The molecule has 1 atom stereocenters. The van der Waals surface area contributed by atoms with Crippen LogP contribution in [0.25, 0.3) is 0 Å². The van der Waals surface area contributed by atoms with Crippen molar-refractivity contribution in [3.63, 3.8) is 0 Å². The molecule has 4 heterocycles. The topological polar surface area (TPSA) is 101 Å². The fraction of sp³-hybridized carbons (Fsp3) is 0.292. The molecular formula is C24H27N7O. The molecule has 32 heavy (non-hydrogen) atoms. The second kappa shape index (κ2) is 8.37. The van der Waals surface area contributed by atoms with E-state index in [1.165, 1.54) is 25.5 Å². The summed E-state index contributed by atoms with van der Waals surface area (Å²) in [5, 5.41) is 6.49. The third-order valence-electron chi connectivity index (χ3n) is 5.99. The van der Waals surface area contributed by atoms with Crippen molar-refractivity contribution in [1.29, 1.82) is 0 Å². The van der Waals surface area contributed by atoms with Gasteiger partial charge in [-0.05, 0) is 55.2 Å². The number of nitrogens with two attached hydrogens (primary N) is 1. The Labute approximate surface area is 187 Å². The number of carbonyl (C=O) groups is 1. The maximum atomic E-state index is 12.6. The van der Waals surface area contributed by atoms with E-state index in [-0.39, 0.29) is 12.1 Å². The Balaban J connectivity index is 1.42. The van der Waals surface area contributed by atoms with Gasteiger partial charge in [0.25, 0.3) is 5.91 Å². The summed E-state index contributed by atoms with van der Waals surface area (Å²) in [4.78, 5) is 24.1. The third kappa shape index (κ3) is 3.91. The molecule has 1 amide bonds. The standard InChI is InChI=1S/C24H27N7O/c1-30-13-10-19-21(30)23(31-11-3-2-4-12-31)29-22(28-19)16-6-5-7-18(14-16)27-24(32)17-8-9-20(25)26-15-17/h5-10,13-15,22,28H,2-4,11-12H2,1H3,(H2,25,26)(H,27,32). The molecular weight excluding hydrogens is 402 g/mol. The van der Waals surface area contributed by atoms with Crippen LogP contribution in [0.15, 0.2) is 59.9 Å². The van der Waals surface area contributed by atoms with Crippen molar-refractivity contribution in [2.45, 2.75) is 25.4 Å². The number of nitrogens with zero attached hydrogens (tertiary/aromatic N) is 4. The molecule has 0 bridgehead atoms. The molecule has 164 valence electrons. The fourth-order valence-corrected chi connectivity index (χ4v) is 4.31. The summed E-state index contributed by atoms with van der Waals surface area (Å²) in [5.74, 6) is 1.20. The third-order valence-corrected chi connectivity index (χ3v) is 5.99. The van der Waals surface area contributed by atoms with Gasteiger partial charge in [-0.25, -0.2) is 9.98 Å². The number of piperidine rings is 1. The summed E-state index contributed by atoms with van der Waals surface area (Å²) >= 11 is 0. The van der Waals surface area contributed by atoms with Crippen LogP contribution < -0.4 is 16.4 Å².